The van der Waals surface area contributed by atoms with E-state index in [-0.39, 0.29) is 17.9 Å². The minimum absolute atomic E-state index is 0.0182. The van der Waals surface area contributed by atoms with E-state index in [2.05, 4.69) is 11.0 Å². The van der Waals surface area contributed by atoms with Gasteiger partial charge < -0.3 is 4.90 Å². The molecule has 0 bridgehead atoms. The molecule has 1 aromatic carbocycles. The number of hydrogen-bond donors (Lipinski definition) is 0. The van der Waals surface area contributed by atoms with E-state index in [1.165, 1.54) is 5.01 Å². The first-order valence-corrected chi connectivity index (χ1v) is 5.47. The Kier molecular flexibility index (Phi) is 3.35. The van der Waals surface area contributed by atoms with Crippen molar-refractivity contribution in [3.05, 3.63) is 29.3 Å². The topological polar surface area (TPSA) is 42.6 Å². The fourth-order valence-corrected chi connectivity index (χ4v) is 1.76. The van der Waals surface area contributed by atoms with E-state index in [1.807, 2.05) is 0 Å². The summed E-state index contributed by atoms with van der Waals surface area (Å²) >= 11 is 0. The molecule has 0 fully saturated rings. The van der Waals surface area contributed by atoms with Crippen molar-refractivity contribution < 1.29 is 8.78 Å². The second-order valence-electron chi connectivity index (χ2n) is 3.99. The van der Waals surface area contributed by atoms with E-state index in [1.54, 1.807) is 17.9 Å². The number of halogens is 2. The van der Waals surface area contributed by atoms with E-state index in [4.69, 9.17) is 11.7 Å². The highest BCUT2D eigenvalue weighted by atomic mass is 19.1. The Balaban J connectivity index is 2.33. The van der Waals surface area contributed by atoms with E-state index >= 15 is 0 Å². The minimum atomic E-state index is -0.776. The third-order valence-corrected chi connectivity index (χ3v) is 2.74. The van der Waals surface area contributed by atoms with Gasteiger partial charge in [0.1, 0.15) is 35.9 Å². The van der Waals surface area contributed by atoms with Gasteiger partial charge >= 0.3 is 0 Å². The number of nitriles is 1. The Hall–Kier alpha value is -2.60. The number of hydrazone groups is 1. The lowest BCUT2D eigenvalue weighted by molar-refractivity contribution is 0.492. The largest absolute Gasteiger partial charge is 0.328 e. The standard InChI is InChI=1S/C13H10F2N4/c1-3-4-18-8-19(17-9(18)2)13-6-11(14)10(7-16)5-12(13)15/h1,5-6H,4,8H2,2H3. The van der Waals surface area contributed by atoms with Crippen LogP contribution in [0.4, 0.5) is 14.5 Å². The Labute approximate surface area is 109 Å². The molecule has 1 aliphatic heterocycles. The van der Waals surface area contributed by atoms with Gasteiger partial charge in [-0.15, -0.1) is 6.42 Å². The number of terminal acetylenes is 1. The highest BCUT2D eigenvalue weighted by Crippen LogP contribution is 2.25. The summed E-state index contributed by atoms with van der Waals surface area (Å²) in [5.41, 5.74) is -0.350. The molecule has 1 aliphatic rings. The number of nitrogens with zero attached hydrogens (tertiary/aromatic N) is 4. The van der Waals surface area contributed by atoms with Crippen molar-refractivity contribution in [2.75, 3.05) is 18.2 Å². The first-order valence-electron chi connectivity index (χ1n) is 5.47. The fraction of sp³-hybridized carbons (Fsp3) is 0.231. The second-order valence-corrected chi connectivity index (χ2v) is 3.99. The second kappa shape index (κ2) is 4.95. The van der Waals surface area contributed by atoms with Crippen LogP contribution in [0.25, 0.3) is 0 Å². The van der Waals surface area contributed by atoms with Gasteiger partial charge in [0.2, 0.25) is 0 Å². The quantitative estimate of drug-likeness (QED) is 0.762. The van der Waals surface area contributed by atoms with Gasteiger partial charge in [0.25, 0.3) is 0 Å². The van der Waals surface area contributed by atoms with Crippen LogP contribution in [0.2, 0.25) is 0 Å². The van der Waals surface area contributed by atoms with Crippen molar-refractivity contribution in [2.45, 2.75) is 6.92 Å². The molecular formula is C13H10F2N4. The molecule has 1 heterocycles. The smallest absolute Gasteiger partial charge is 0.150 e. The van der Waals surface area contributed by atoms with Crippen LogP contribution in [0.5, 0.6) is 0 Å². The maximum absolute atomic E-state index is 13.8. The zero-order chi connectivity index (χ0) is 14.0. The van der Waals surface area contributed by atoms with Crippen LogP contribution in [0.3, 0.4) is 0 Å². The van der Waals surface area contributed by atoms with Crippen molar-refractivity contribution in [1.82, 2.24) is 4.90 Å². The van der Waals surface area contributed by atoms with Crippen molar-refractivity contribution in [3.8, 4) is 18.4 Å². The number of rotatable bonds is 2. The maximum Gasteiger partial charge on any atom is 0.150 e. The number of hydrogen-bond acceptors (Lipinski definition) is 4. The molecule has 6 heteroatoms. The average molecular weight is 260 g/mol. The molecule has 4 nitrogen and oxygen atoms in total. The van der Waals surface area contributed by atoms with Gasteiger partial charge in [0.05, 0.1) is 12.1 Å². The van der Waals surface area contributed by atoms with Gasteiger partial charge in [0, 0.05) is 6.07 Å². The highest BCUT2D eigenvalue weighted by molar-refractivity contribution is 5.83. The summed E-state index contributed by atoms with van der Waals surface area (Å²) in [6.07, 6.45) is 5.21. The van der Waals surface area contributed by atoms with E-state index < -0.39 is 11.6 Å². The lowest BCUT2D eigenvalue weighted by Gasteiger charge is -2.18. The Bertz CT molecular complexity index is 625. The molecule has 2 rings (SSSR count). The summed E-state index contributed by atoms with van der Waals surface area (Å²) in [6.45, 7) is 2.32. The lowest BCUT2D eigenvalue weighted by Crippen LogP contribution is -2.30. The van der Waals surface area contributed by atoms with Gasteiger partial charge in [-0.25, -0.2) is 13.8 Å². The predicted octanol–water partition coefficient (Wildman–Crippen LogP) is 1.88. The third-order valence-electron chi connectivity index (χ3n) is 2.74. The summed E-state index contributed by atoms with van der Waals surface area (Å²) in [7, 11) is 0. The maximum atomic E-state index is 13.8. The van der Waals surface area contributed by atoms with Gasteiger partial charge in [0.15, 0.2) is 0 Å². The van der Waals surface area contributed by atoms with Crippen LogP contribution in [0.15, 0.2) is 17.2 Å². The van der Waals surface area contributed by atoms with Crippen molar-refractivity contribution in [1.29, 1.82) is 5.26 Å². The third kappa shape index (κ3) is 2.34. The average Bonchev–Trinajstić information content (AvgIpc) is 2.73. The van der Waals surface area contributed by atoms with Crippen LogP contribution in [0, 0.1) is 35.3 Å². The summed E-state index contributed by atoms with van der Waals surface area (Å²) < 4.78 is 27.3. The fourth-order valence-electron chi connectivity index (χ4n) is 1.76. The predicted molar refractivity (Wildman–Crippen MR) is 67.1 cm³/mol. The molecule has 0 radical (unpaired) electrons. The van der Waals surface area contributed by atoms with E-state index in [9.17, 15) is 8.78 Å². The van der Waals surface area contributed by atoms with Crippen molar-refractivity contribution >= 4 is 11.5 Å². The van der Waals surface area contributed by atoms with E-state index in [0.717, 1.165) is 12.1 Å². The van der Waals surface area contributed by atoms with Gasteiger partial charge in [-0.3, -0.25) is 0 Å². The van der Waals surface area contributed by atoms with Crippen LogP contribution < -0.4 is 5.01 Å². The summed E-state index contributed by atoms with van der Waals surface area (Å²) in [5, 5.41) is 14.0. The molecule has 0 N–H and O–H groups in total. The molecule has 0 saturated carbocycles. The summed E-state index contributed by atoms with van der Waals surface area (Å²) in [4.78, 5) is 1.75. The normalized spacial score (nSPS) is 14.1. The van der Waals surface area contributed by atoms with Gasteiger partial charge in [-0.05, 0) is 13.0 Å². The van der Waals surface area contributed by atoms with Crippen LogP contribution in [-0.2, 0) is 0 Å². The number of anilines is 1. The summed E-state index contributed by atoms with van der Waals surface area (Å²) in [6, 6.07) is 3.41. The molecule has 0 amide bonds. The summed E-state index contributed by atoms with van der Waals surface area (Å²) in [5.74, 6) is 1.62. The molecular weight excluding hydrogens is 250 g/mol. The minimum Gasteiger partial charge on any atom is -0.328 e. The molecule has 19 heavy (non-hydrogen) atoms. The van der Waals surface area contributed by atoms with E-state index in [0.29, 0.717) is 12.4 Å². The molecule has 1 aromatic rings. The highest BCUT2D eigenvalue weighted by Gasteiger charge is 2.23. The first kappa shape index (κ1) is 12.8. The Morgan fingerprint density at radius 2 is 2.16 bits per heavy atom. The lowest BCUT2D eigenvalue weighted by atomic mass is 10.2. The van der Waals surface area contributed by atoms with Crippen LogP contribution >= 0.6 is 0 Å². The molecule has 0 spiro atoms. The molecule has 96 valence electrons. The van der Waals surface area contributed by atoms with Gasteiger partial charge in [-0.1, -0.05) is 5.92 Å². The SMILES string of the molecule is C#CCN1CN(c2cc(F)c(C#N)cc2F)N=C1C. The molecule has 0 saturated heterocycles. The number of amidine groups is 1. The van der Waals surface area contributed by atoms with Crippen molar-refractivity contribution in [2.24, 2.45) is 5.10 Å². The Morgan fingerprint density at radius 3 is 2.79 bits per heavy atom. The Morgan fingerprint density at radius 1 is 1.42 bits per heavy atom. The zero-order valence-corrected chi connectivity index (χ0v) is 10.2. The number of benzene rings is 1. The molecule has 0 atom stereocenters. The molecule has 0 aromatic heterocycles. The van der Waals surface area contributed by atoms with Crippen LogP contribution in [-0.4, -0.2) is 23.9 Å². The monoisotopic (exact) mass is 260 g/mol. The zero-order valence-electron chi connectivity index (χ0n) is 10.2. The van der Waals surface area contributed by atoms with Crippen molar-refractivity contribution in [3.63, 3.8) is 0 Å². The van der Waals surface area contributed by atoms with Gasteiger partial charge in [-0.2, -0.15) is 10.4 Å². The molecule has 0 unspecified atom stereocenters. The molecule has 0 aliphatic carbocycles. The first-order chi connectivity index (χ1) is 9.06. The van der Waals surface area contributed by atoms with Crippen LogP contribution in [0.1, 0.15) is 12.5 Å².